The molecule has 2 N–H and O–H groups in total. The second kappa shape index (κ2) is 8.53. The Bertz CT molecular complexity index is 195. The molecular formula is C12H25NO3. The second-order valence-electron chi connectivity index (χ2n) is 4.57. The molecule has 0 bridgehead atoms. The van der Waals surface area contributed by atoms with Crippen LogP contribution < -0.4 is 5.32 Å². The third-order valence-corrected chi connectivity index (χ3v) is 2.38. The largest absolute Gasteiger partial charge is 0.466 e. The topological polar surface area (TPSA) is 58.6 Å². The highest BCUT2D eigenvalue weighted by Gasteiger charge is 2.16. The number of hydrogen-bond acceptors (Lipinski definition) is 4. The van der Waals surface area contributed by atoms with Crippen LogP contribution in [0.5, 0.6) is 0 Å². The molecule has 0 spiro atoms. The predicted molar refractivity (Wildman–Crippen MR) is 64.1 cm³/mol. The quantitative estimate of drug-likeness (QED) is 0.616. The molecule has 96 valence electrons. The summed E-state index contributed by atoms with van der Waals surface area (Å²) in [6.45, 7) is 8.92. The van der Waals surface area contributed by atoms with Crippen LogP contribution >= 0.6 is 0 Å². The van der Waals surface area contributed by atoms with Gasteiger partial charge in [0.25, 0.3) is 0 Å². The maximum absolute atomic E-state index is 11.3. The molecule has 0 rings (SSSR count). The third kappa shape index (κ3) is 6.80. The van der Waals surface area contributed by atoms with Crippen molar-refractivity contribution in [3.63, 3.8) is 0 Å². The summed E-state index contributed by atoms with van der Waals surface area (Å²) >= 11 is 0. The molecule has 2 atom stereocenters. The standard InChI is InChI=1S/C12H25NO3/c1-5-16-12(15)10(4)7-13-11(8-14)6-9(2)3/h9-11,13-14H,5-8H2,1-4H3. The Labute approximate surface area is 98.4 Å². The SMILES string of the molecule is CCOC(=O)C(C)CNC(CO)CC(C)C. The molecule has 0 saturated heterocycles. The molecule has 0 aromatic heterocycles. The van der Waals surface area contributed by atoms with Gasteiger partial charge in [0.1, 0.15) is 0 Å². The number of hydrogen-bond donors (Lipinski definition) is 2. The minimum atomic E-state index is -0.184. The number of nitrogens with one attached hydrogen (secondary N) is 1. The van der Waals surface area contributed by atoms with E-state index in [0.717, 1.165) is 6.42 Å². The Morgan fingerprint density at radius 2 is 2.00 bits per heavy atom. The molecule has 2 unspecified atom stereocenters. The molecule has 0 aromatic carbocycles. The van der Waals surface area contributed by atoms with E-state index in [1.807, 2.05) is 6.92 Å². The van der Waals surface area contributed by atoms with Gasteiger partial charge in [-0.1, -0.05) is 20.8 Å². The fraction of sp³-hybridized carbons (Fsp3) is 0.917. The molecule has 0 saturated carbocycles. The minimum absolute atomic E-state index is 0.0666. The summed E-state index contributed by atoms with van der Waals surface area (Å²) < 4.78 is 4.91. The average Bonchev–Trinajstić information content (AvgIpc) is 2.23. The molecule has 0 aromatic rings. The van der Waals surface area contributed by atoms with E-state index >= 15 is 0 Å². The smallest absolute Gasteiger partial charge is 0.309 e. The number of rotatable bonds is 8. The lowest BCUT2D eigenvalue weighted by Crippen LogP contribution is -2.38. The van der Waals surface area contributed by atoms with Crippen LogP contribution in [0.3, 0.4) is 0 Å². The van der Waals surface area contributed by atoms with Gasteiger partial charge in [0.15, 0.2) is 0 Å². The zero-order valence-corrected chi connectivity index (χ0v) is 10.8. The van der Waals surface area contributed by atoms with Crippen LogP contribution in [0.2, 0.25) is 0 Å². The van der Waals surface area contributed by atoms with Gasteiger partial charge in [0.2, 0.25) is 0 Å². The highest BCUT2D eigenvalue weighted by Crippen LogP contribution is 2.05. The summed E-state index contributed by atoms with van der Waals surface area (Å²) in [4.78, 5) is 11.3. The van der Waals surface area contributed by atoms with Crippen molar-refractivity contribution in [3.05, 3.63) is 0 Å². The van der Waals surface area contributed by atoms with Crippen molar-refractivity contribution >= 4 is 5.97 Å². The van der Waals surface area contributed by atoms with Gasteiger partial charge < -0.3 is 15.2 Å². The van der Waals surface area contributed by atoms with E-state index in [1.165, 1.54) is 0 Å². The third-order valence-electron chi connectivity index (χ3n) is 2.38. The summed E-state index contributed by atoms with van der Waals surface area (Å²) in [6.07, 6.45) is 0.909. The van der Waals surface area contributed by atoms with Gasteiger partial charge in [-0.15, -0.1) is 0 Å². The molecule has 0 aliphatic heterocycles. The highest BCUT2D eigenvalue weighted by atomic mass is 16.5. The molecule has 0 amide bonds. The van der Waals surface area contributed by atoms with Crippen molar-refractivity contribution in [3.8, 4) is 0 Å². The van der Waals surface area contributed by atoms with Crippen LogP contribution in [-0.4, -0.2) is 36.9 Å². The number of carbonyl (C=O) groups excluding carboxylic acids is 1. The lowest BCUT2D eigenvalue weighted by atomic mass is 10.0. The number of aliphatic hydroxyl groups excluding tert-OH is 1. The maximum Gasteiger partial charge on any atom is 0.309 e. The normalized spacial score (nSPS) is 14.9. The van der Waals surface area contributed by atoms with E-state index in [9.17, 15) is 4.79 Å². The van der Waals surface area contributed by atoms with Gasteiger partial charge in [0, 0.05) is 12.6 Å². The summed E-state index contributed by atoms with van der Waals surface area (Å²) in [6, 6.07) is 0.0666. The van der Waals surface area contributed by atoms with Gasteiger partial charge in [-0.2, -0.15) is 0 Å². The van der Waals surface area contributed by atoms with Crippen molar-refractivity contribution in [2.45, 2.75) is 40.2 Å². The van der Waals surface area contributed by atoms with Crippen molar-refractivity contribution < 1.29 is 14.6 Å². The summed E-state index contributed by atoms with van der Waals surface area (Å²) in [5.74, 6) is 0.181. The van der Waals surface area contributed by atoms with Crippen molar-refractivity contribution in [1.29, 1.82) is 0 Å². The number of aliphatic hydroxyl groups is 1. The molecule has 0 aliphatic rings. The van der Waals surface area contributed by atoms with E-state index in [4.69, 9.17) is 9.84 Å². The van der Waals surface area contributed by atoms with Gasteiger partial charge in [0.05, 0.1) is 19.1 Å². The Morgan fingerprint density at radius 1 is 1.38 bits per heavy atom. The first-order valence-corrected chi connectivity index (χ1v) is 6.02. The summed E-state index contributed by atoms with van der Waals surface area (Å²) in [5.41, 5.74) is 0. The van der Waals surface area contributed by atoms with Gasteiger partial charge in [-0.05, 0) is 19.3 Å². The molecule has 0 radical (unpaired) electrons. The van der Waals surface area contributed by atoms with E-state index in [0.29, 0.717) is 19.1 Å². The number of ether oxygens (including phenoxy) is 1. The maximum atomic E-state index is 11.3. The van der Waals surface area contributed by atoms with E-state index < -0.39 is 0 Å². The lowest BCUT2D eigenvalue weighted by Gasteiger charge is -2.20. The van der Waals surface area contributed by atoms with Gasteiger partial charge >= 0.3 is 5.97 Å². The Kier molecular flexibility index (Phi) is 8.21. The van der Waals surface area contributed by atoms with Gasteiger partial charge in [-0.25, -0.2) is 0 Å². The molecule has 0 aliphatic carbocycles. The molecule has 0 heterocycles. The first-order chi connectivity index (χ1) is 7.51. The minimum Gasteiger partial charge on any atom is -0.466 e. The molecule has 4 nitrogen and oxygen atoms in total. The van der Waals surface area contributed by atoms with Gasteiger partial charge in [-0.3, -0.25) is 4.79 Å². The lowest BCUT2D eigenvalue weighted by molar-refractivity contribution is -0.147. The fourth-order valence-corrected chi connectivity index (χ4v) is 1.50. The van der Waals surface area contributed by atoms with E-state index in [2.05, 4.69) is 19.2 Å². The predicted octanol–water partition coefficient (Wildman–Crippen LogP) is 1.18. The van der Waals surface area contributed by atoms with Crippen molar-refractivity contribution in [2.75, 3.05) is 19.8 Å². The Morgan fingerprint density at radius 3 is 2.44 bits per heavy atom. The summed E-state index contributed by atoms with van der Waals surface area (Å²) in [7, 11) is 0. The van der Waals surface area contributed by atoms with Crippen LogP contribution in [0.25, 0.3) is 0 Å². The first kappa shape index (κ1) is 15.4. The van der Waals surface area contributed by atoms with E-state index in [-0.39, 0.29) is 24.5 Å². The average molecular weight is 231 g/mol. The van der Waals surface area contributed by atoms with Crippen LogP contribution in [0.15, 0.2) is 0 Å². The number of carbonyl (C=O) groups is 1. The fourth-order valence-electron chi connectivity index (χ4n) is 1.50. The zero-order chi connectivity index (χ0) is 12.6. The molecule has 16 heavy (non-hydrogen) atoms. The van der Waals surface area contributed by atoms with Crippen LogP contribution in [0.1, 0.15) is 34.1 Å². The van der Waals surface area contributed by atoms with E-state index in [1.54, 1.807) is 6.92 Å². The van der Waals surface area contributed by atoms with Crippen molar-refractivity contribution in [2.24, 2.45) is 11.8 Å². The Balaban J connectivity index is 3.87. The van der Waals surface area contributed by atoms with Crippen molar-refractivity contribution in [1.82, 2.24) is 5.32 Å². The van der Waals surface area contributed by atoms with Crippen LogP contribution in [0.4, 0.5) is 0 Å². The molecule has 0 fully saturated rings. The second-order valence-corrected chi connectivity index (χ2v) is 4.57. The van der Waals surface area contributed by atoms with Crippen LogP contribution in [0, 0.1) is 11.8 Å². The van der Waals surface area contributed by atoms with Crippen LogP contribution in [-0.2, 0) is 9.53 Å². The highest BCUT2D eigenvalue weighted by molar-refractivity contribution is 5.72. The summed E-state index contributed by atoms with van der Waals surface area (Å²) in [5, 5.41) is 12.3. The monoisotopic (exact) mass is 231 g/mol. The zero-order valence-electron chi connectivity index (χ0n) is 10.8. The number of esters is 1. The Hall–Kier alpha value is -0.610. The molecule has 4 heteroatoms. The molecular weight excluding hydrogens is 206 g/mol. The first-order valence-electron chi connectivity index (χ1n) is 6.02.